The lowest BCUT2D eigenvalue weighted by Crippen LogP contribution is -2.54. The van der Waals surface area contributed by atoms with Crippen molar-refractivity contribution >= 4 is 27.5 Å². The van der Waals surface area contributed by atoms with Gasteiger partial charge in [-0.2, -0.15) is 9.97 Å². The minimum absolute atomic E-state index is 0.00827. The number of aromatic nitrogens is 3. The van der Waals surface area contributed by atoms with Crippen LogP contribution in [0.3, 0.4) is 0 Å². The van der Waals surface area contributed by atoms with Gasteiger partial charge in [-0.05, 0) is 68.2 Å². The van der Waals surface area contributed by atoms with Crippen molar-refractivity contribution in [1.29, 1.82) is 0 Å². The smallest absolute Gasteiger partial charge is 0.319 e. The van der Waals surface area contributed by atoms with Crippen molar-refractivity contribution in [2.24, 2.45) is 11.3 Å². The van der Waals surface area contributed by atoms with Crippen LogP contribution < -0.4 is 9.64 Å². The van der Waals surface area contributed by atoms with E-state index in [0.29, 0.717) is 56.0 Å². The first-order chi connectivity index (χ1) is 24.1. The number of fused-ring (bicyclic) bond motifs is 3. The number of terminal acetylenes is 1. The number of hydrogen-bond donors (Lipinski definition) is 1. The Labute approximate surface area is 287 Å². The number of piperidine rings is 1. The average Bonchev–Trinajstić information content (AvgIpc) is 3.34. The zero-order valence-electron chi connectivity index (χ0n) is 27.7. The predicted molar refractivity (Wildman–Crippen MR) is 181 cm³/mol. The van der Waals surface area contributed by atoms with Gasteiger partial charge in [-0.3, -0.25) is 9.88 Å². The Kier molecular flexibility index (Phi) is 8.46. The largest absolute Gasteiger partial charge is 0.508 e. The minimum Gasteiger partial charge on any atom is -0.508 e. The SMILES string of the molecule is C#Cc1c(F)ccc2cc(O)cc(-c3ncc4c(N5CCCOCC5)nc(OC[C@]56CCC[C@H]5N(CC5CC(F)(F)C5)CCC6)nc4c3F)c12. The Morgan fingerprint density at radius 2 is 1.88 bits per heavy atom. The van der Waals surface area contributed by atoms with Gasteiger partial charge in [0.15, 0.2) is 5.82 Å². The van der Waals surface area contributed by atoms with Gasteiger partial charge in [0.1, 0.15) is 28.6 Å². The third kappa shape index (κ3) is 5.88. The van der Waals surface area contributed by atoms with E-state index < -0.39 is 17.6 Å². The summed E-state index contributed by atoms with van der Waals surface area (Å²) in [5.74, 6) is -1.27. The zero-order chi connectivity index (χ0) is 34.6. The maximum Gasteiger partial charge on any atom is 0.319 e. The van der Waals surface area contributed by atoms with Crippen molar-refractivity contribution in [3.63, 3.8) is 0 Å². The molecule has 0 bridgehead atoms. The third-order valence-electron chi connectivity index (χ3n) is 11.2. The van der Waals surface area contributed by atoms with Crippen LogP contribution in [0.5, 0.6) is 11.8 Å². The number of nitrogens with zero attached hydrogens (tertiary/aromatic N) is 5. The molecule has 8 nitrogen and oxygen atoms in total. The summed E-state index contributed by atoms with van der Waals surface area (Å²) in [6.07, 6.45) is 12.7. The van der Waals surface area contributed by atoms with Gasteiger partial charge in [0.2, 0.25) is 5.92 Å². The van der Waals surface area contributed by atoms with Crippen molar-refractivity contribution in [2.45, 2.75) is 63.3 Å². The number of halogens is 4. The van der Waals surface area contributed by atoms with E-state index in [0.717, 1.165) is 45.1 Å². The van der Waals surface area contributed by atoms with Crippen LogP contribution in [0.1, 0.15) is 56.9 Å². The number of phenols is 1. The van der Waals surface area contributed by atoms with Gasteiger partial charge >= 0.3 is 6.01 Å². The van der Waals surface area contributed by atoms with Crippen LogP contribution in [0.25, 0.3) is 32.9 Å². The molecular weight excluding hydrogens is 650 g/mol. The van der Waals surface area contributed by atoms with Crippen molar-refractivity contribution in [2.75, 3.05) is 50.9 Å². The Morgan fingerprint density at radius 1 is 1.04 bits per heavy atom. The molecule has 4 fully saturated rings. The fraction of sp³-hybridized carbons (Fsp3) is 0.500. The second-order valence-electron chi connectivity index (χ2n) is 14.4. The molecule has 1 N–H and O–H groups in total. The maximum absolute atomic E-state index is 16.9. The number of hydrogen-bond acceptors (Lipinski definition) is 8. The predicted octanol–water partition coefficient (Wildman–Crippen LogP) is 7.10. The maximum atomic E-state index is 16.9. The van der Waals surface area contributed by atoms with E-state index in [9.17, 15) is 18.3 Å². The number of phenolic OH excluding ortho intramolecular Hbond substituents is 1. The van der Waals surface area contributed by atoms with Crippen LogP contribution in [0, 0.1) is 35.3 Å². The van der Waals surface area contributed by atoms with Crippen molar-refractivity contribution < 1.29 is 32.1 Å². The van der Waals surface area contributed by atoms with Crippen LogP contribution in [0.2, 0.25) is 0 Å². The van der Waals surface area contributed by atoms with Gasteiger partial charge in [0.05, 0.1) is 24.2 Å². The van der Waals surface area contributed by atoms with Crippen LogP contribution >= 0.6 is 0 Å². The highest BCUT2D eigenvalue weighted by Gasteiger charge is 2.51. The summed E-state index contributed by atoms with van der Waals surface area (Å²) in [5, 5.41) is 11.6. The number of rotatable bonds is 7. The number of pyridine rings is 1. The summed E-state index contributed by atoms with van der Waals surface area (Å²) in [6, 6.07) is 5.70. The quantitative estimate of drug-likeness (QED) is 0.163. The monoisotopic (exact) mass is 689 g/mol. The normalized spacial score (nSPS) is 24.1. The topological polar surface area (TPSA) is 83.8 Å². The molecule has 8 rings (SSSR count). The molecular formula is C38H39F4N5O3. The van der Waals surface area contributed by atoms with E-state index in [1.54, 1.807) is 0 Å². The first-order valence-electron chi connectivity index (χ1n) is 17.5. The number of anilines is 1. The molecule has 2 aromatic heterocycles. The van der Waals surface area contributed by atoms with Gasteiger partial charge in [0.25, 0.3) is 0 Å². The molecule has 4 aromatic rings. The molecule has 50 heavy (non-hydrogen) atoms. The van der Waals surface area contributed by atoms with E-state index in [4.69, 9.17) is 20.9 Å². The number of benzene rings is 2. The standard InChI is InChI=1S/C38H39F4N5O3/c1-2-26-29(39)8-7-24-16-25(48)17-27(31(24)26)33-32(40)34-28(20-43-33)35(46-12-5-14-49-15-13-46)45-36(44-34)50-22-37-9-3-6-30(37)47(11-4-10-37)21-23-18-38(41,42)19-23/h1,7-8,16-17,20,23,30,48H,3-6,9-15,18-19,21-22H2/t30-,37-/m1/s1. The van der Waals surface area contributed by atoms with Gasteiger partial charge in [0, 0.05) is 67.7 Å². The molecule has 2 aromatic carbocycles. The first-order valence-corrected chi connectivity index (χ1v) is 17.5. The van der Waals surface area contributed by atoms with E-state index >= 15 is 4.39 Å². The van der Waals surface area contributed by atoms with E-state index in [2.05, 4.69) is 20.8 Å². The fourth-order valence-electron chi connectivity index (χ4n) is 8.91. The van der Waals surface area contributed by atoms with Crippen molar-refractivity contribution in [3.8, 4) is 35.4 Å². The summed E-state index contributed by atoms with van der Waals surface area (Å²) < 4.78 is 71.2. The first kappa shape index (κ1) is 33.0. The van der Waals surface area contributed by atoms with E-state index in [-0.39, 0.29) is 69.7 Å². The van der Waals surface area contributed by atoms with Crippen molar-refractivity contribution in [1.82, 2.24) is 19.9 Å². The summed E-state index contributed by atoms with van der Waals surface area (Å²) in [4.78, 5) is 18.4. The highest BCUT2D eigenvalue weighted by molar-refractivity contribution is 6.03. The van der Waals surface area contributed by atoms with E-state index in [1.165, 1.54) is 30.5 Å². The molecule has 4 heterocycles. The minimum atomic E-state index is -2.54. The molecule has 4 aliphatic rings. The lowest BCUT2D eigenvalue weighted by atomic mass is 9.74. The fourth-order valence-corrected chi connectivity index (χ4v) is 8.91. The number of likely N-dealkylation sites (tertiary alicyclic amines) is 1. The molecule has 12 heteroatoms. The summed E-state index contributed by atoms with van der Waals surface area (Å²) in [7, 11) is 0. The summed E-state index contributed by atoms with van der Waals surface area (Å²) in [5.41, 5.74) is -0.274. The number of alkyl halides is 2. The average molecular weight is 690 g/mol. The Balaban J connectivity index is 1.18. The molecule has 0 spiro atoms. The second-order valence-corrected chi connectivity index (χ2v) is 14.4. The highest BCUT2D eigenvalue weighted by Crippen LogP contribution is 2.50. The molecule has 2 atom stereocenters. The van der Waals surface area contributed by atoms with Gasteiger partial charge in [-0.25, -0.2) is 17.6 Å². The lowest BCUT2D eigenvalue weighted by Gasteiger charge is -2.48. The molecule has 2 aliphatic heterocycles. The lowest BCUT2D eigenvalue weighted by molar-refractivity contribution is -0.124. The molecule has 0 unspecified atom stereocenters. The molecule has 262 valence electrons. The molecule has 2 saturated heterocycles. The number of ether oxygens (including phenoxy) is 2. The van der Waals surface area contributed by atoms with E-state index in [1.807, 2.05) is 4.90 Å². The van der Waals surface area contributed by atoms with Crippen LogP contribution in [0.4, 0.5) is 23.4 Å². The summed E-state index contributed by atoms with van der Waals surface area (Å²) in [6.45, 7) is 4.10. The Hall–Kier alpha value is -4.21. The van der Waals surface area contributed by atoms with Gasteiger partial charge < -0.3 is 19.5 Å². The molecule has 0 radical (unpaired) electrons. The van der Waals surface area contributed by atoms with Crippen LogP contribution in [0.15, 0.2) is 30.5 Å². The van der Waals surface area contributed by atoms with Crippen LogP contribution in [-0.4, -0.2) is 82.9 Å². The van der Waals surface area contributed by atoms with Gasteiger partial charge in [-0.1, -0.05) is 18.4 Å². The highest BCUT2D eigenvalue weighted by atomic mass is 19.3. The summed E-state index contributed by atoms with van der Waals surface area (Å²) >= 11 is 0. The second kappa shape index (κ2) is 12.8. The number of aromatic hydroxyl groups is 1. The third-order valence-corrected chi connectivity index (χ3v) is 11.2. The molecule has 0 amide bonds. The molecule has 2 aliphatic carbocycles. The zero-order valence-corrected chi connectivity index (χ0v) is 27.7. The van der Waals surface area contributed by atoms with Gasteiger partial charge in [-0.15, -0.1) is 6.42 Å². The van der Waals surface area contributed by atoms with Crippen LogP contribution in [-0.2, 0) is 4.74 Å². The Bertz CT molecular complexity index is 1990. The van der Waals surface area contributed by atoms with Crippen molar-refractivity contribution in [3.05, 3.63) is 47.7 Å². The molecule has 2 saturated carbocycles. The Morgan fingerprint density at radius 3 is 2.70 bits per heavy atom.